The van der Waals surface area contributed by atoms with E-state index in [1.807, 2.05) is 20.8 Å². The first kappa shape index (κ1) is 9.92. The van der Waals surface area contributed by atoms with Gasteiger partial charge in [-0.2, -0.15) is 0 Å². The van der Waals surface area contributed by atoms with Crippen LogP contribution in [0.25, 0.3) is 0 Å². The maximum Gasteiger partial charge on any atom is 0.0598 e. The van der Waals surface area contributed by atoms with E-state index in [-0.39, 0.29) is 12.2 Å². The van der Waals surface area contributed by atoms with Gasteiger partial charge in [-0.25, -0.2) is 0 Å². The van der Waals surface area contributed by atoms with Gasteiger partial charge in [-0.15, -0.1) is 0 Å². The Labute approximate surface area is 63.2 Å². The predicted octanol–water partition coefficient (Wildman–Crippen LogP) is 1.57. The van der Waals surface area contributed by atoms with Gasteiger partial charge in [-0.3, -0.25) is 0 Å². The first-order valence-electron chi connectivity index (χ1n) is 3.81. The van der Waals surface area contributed by atoms with Crippen LogP contribution in [0.15, 0.2) is 0 Å². The Morgan fingerprint density at radius 1 is 1.20 bits per heavy atom. The van der Waals surface area contributed by atoms with Crippen LogP contribution in [0.5, 0.6) is 0 Å². The Morgan fingerprint density at radius 3 is 2.20 bits per heavy atom. The van der Waals surface area contributed by atoms with Crippen LogP contribution in [0, 0.1) is 0 Å². The summed E-state index contributed by atoms with van der Waals surface area (Å²) in [6.45, 7) is 7.13. The molecule has 0 fully saturated rings. The Kier molecular flexibility index (Phi) is 4.65. The largest absolute Gasteiger partial charge is 0.396 e. The predicted molar refractivity (Wildman–Crippen MR) is 42.0 cm³/mol. The van der Waals surface area contributed by atoms with Gasteiger partial charge in [0.25, 0.3) is 0 Å². The number of rotatable bonds is 4. The quantitative estimate of drug-likeness (QED) is 0.610. The Hall–Kier alpha value is -0.0800. The number of aliphatic hydroxyl groups is 1. The summed E-state index contributed by atoms with van der Waals surface area (Å²) in [5.41, 5.74) is -0.0323. The van der Waals surface area contributed by atoms with E-state index in [4.69, 9.17) is 9.84 Å². The average molecular weight is 146 g/mol. The summed E-state index contributed by atoms with van der Waals surface area (Å²) < 4.78 is 5.42. The molecule has 0 aromatic carbocycles. The molecule has 0 unspecified atom stereocenters. The smallest absolute Gasteiger partial charge is 0.0598 e. The molecule has 0 heterocycles. The fourth-order valence-electron chi connectivity index (χ4n) is 0.592. The number of unbranched alkanes of at least 4 members (excludes halogenated alkanes) is 1. The normalized spacial score (nSPS) is 12.0. The molecule has 0 aliphatic heterocycles. The van der Waals surface area contributed by atoms with Crippen LogP contribution in [0.1, 0.15) is 33.6 Å². The highest BCUT2D eigenvalue weighted by atomic mass is 16.5. The average Bonchev–Trinajstić information content (AvgIpc) is 1.78. The Morgan fingerprint density at radius 2 is 1.80 bits per heavy atom. The minimum absolute atomic E-state index is 0.0323. The van der Waals surface area contributed by atoms with Crippen molar-refractivity contribution in [2.24, 2.45) is 0 Å². The van der Waals surface area contributed by atoms with Gasteiger partial charge < -0.3 is 9.84 Å². The molecule has 1 N–H and O–H groups in total. The Bertz CT molecular complexity index is 73.8. The number of hydrogen-bond donors (Lipinski definition) is 1. The zero-order valence-corrected chi connectivity index (χ0v) is 7.18. The van der Waals surface area contributed by atoms with E-state index in [0.717, 1.165) is 19.4 Å². The molecule has 0 aromatic heterocycles. The third kappa shape index (κ3) is 7.92. The van der Waals surface area contributed by atoms with E-state index in [1.54, 1.807) is 0 Å². The lowest BCUT2D eigenvalue weighted by Gasteiger charge is -2.18. The number of ether oxygens (including phenoxy) is 1. The van der Waals surface area contributed by atoms with Crippen molar-refractivity contribution in [3.05, 3.63) is 0 Å². The molecule has 10 heavy (non-hydrogen) atoms. The van der Waals surface area contributed by atoms with Crippen molar-refractivity contribution < 1.29 is 9.84 Å². The third-order valence-corrected chi connectivity index (χ3v) is 1.09. The summed E-state index contributed by atoms with van der Waals surface area (Å²) in [5, 5.41) is 8.44. The van der Waals surface area contributed by atoms with Gasteiger partial charge >= 0.3 is 0 Å². The molecule has 0 aliphatic carbocycles. The van der Waals surface area contributed by atoms with E-state index >= 15 is 0 Å². The molecule has 0 amide bonds. The fourth-order valence-corrected chi connectivity index (χ4v) is 0.592. The van der Waals surface area contributed by atoms with Gasteiger partial charge in [0.2, 0.25) is 0 Å². The van der Waals surface area contributed by atoms with Crippen LogP contribution in [0.4, 0.5) is 0 Å². The molecular formula is C8H18O2. The van der Waals surface area contributed by atoms with Crippen molar-refractivity contribution >= 4 is 0 Å². The first-order chi connectivity index (χ1) is 4.56. The van der Waals surface area contributed by atoms with Crippen molar-refractivity contribution in [1.82, 2.24) is 0 Å². The molecule has 2 nitrogen and oxygen atoms in total. The number of aliphatic hydroxyl groups excluding tert-OH is 1. The van der Waals surface area contributed by atoms with Gasteiger partial charge in [0.05, 0.1) is 5.60 Å². The summed E-state index contributed by atoms with van der Waals surface area (Å²) in [5.74, 6) is 0. The molecule has 62 valence electrons. The monoisotopic (exact) mass is 146 g/mol. The second-order valence-electron chi connectivity index (χ2n) is 3.39. The standard InChI is InChI=1S/C8H18O2/c1-8(2,3)10-7-5-4-6-9/h9H,4-7H2,1-3H3. The van der Waals surface area contributed by atoms with E-state index in [9.17, 15) is 0 Å². The lowest BCUT2D eigenvalue weighted by molar-refractivity contribution is -0.00582. The molecule has 0 rings (SSSR count). The summed E-state index contributed by atoms with van der Waals surface area (Å²) in [6.07, 6.45) is 1.80. The lowest BCUT2D eigenvalue weighted by atomic mass is 10.2. The van der Waals surface area contributed by atoms with E-state index < -0.39 is 0 Å². The first-order valence-corrected chi connectivity index (χ1v) is 3.81. The Balaban J connectivity index is 3.04. The maximum atomic E-state index is 8.44. The van der Waals surface area contributed by atoms with Crippen LogP contribution in [-0.4, -0.2) is 23.9 Å². The van der Waals surface area contributed by atoms with Crippen LogP contribution in [0.3, 0.4) is 0 Å². The van der Waals surface area contributed by atoms with Crippen LogP contribution in [-0.2, 0) is 4.74 Å². The fraction of sp³-hybridized carbons (Fsp3) is 1.00. The van der Waals surface area contributed by atoms with Crippen molar-refractivity contribution in [3.8, 4) is 0 Å². The molecule has 0 saturated heterocycles. The highest BCUT2D eigenvalue weighted by Crippen LogP contribution is 2.07. The van der Waals surface area contributed by atoms with Crippen LogP contribution in [0.2, 0.25) is 0 Å². The molecular weight excluding hydrogens is 128 g/mol. The van der Waals surface area contributed by atoms with Crippen molar-refractivity contribution in [1.29, 1.82) is 0 Å². The molecule has 0 atom stereocenters. The lowest BCUT2D eigenvalue weighted by Crippen LogP contribution is -2.19. The van der Waals surface area contributed by atoms with Gasteiger partial charge in [0.1, 0.15) is 0 Å². The summed E-state index contributed by atoms with van der Waals surface area (Å²) in [6, 6.07) is 0. The minimum atomic E-state index is -0.0323. The molecule has 0 radical (unpaired) electrons. The van der Waals surface area contributed by atoms with Gasteiger partial charge in [-0.1, -0.05) is 0 Å². The molecule has 0 aromatic rings. The third-order valence-electron chi connectivity index (χ3n) is 1.09. The summed E-state index contributed by atoms with van der Waals surface area (Å²) in [7, 11) is 0. The summed E-state index contributed by atoms with van der Waals surface area (Å²) >= 11 is 0. The molecule has 0 aliphatic rings. The van der Waals surface area contributed by atoms with Crippen LogP contribution < -0.4 is 0 Å². The minimum Gasteiger partial charge on any atom is -0.396 e. The van der Waals surface area contributed by atoms with Gasteiger partial charge in [-0.05, 0) is 33.6 Å². The maximum absolute atomic E-state index is 8.44. The highest BCUT2D eigenvalue weighted by molar-refractivity contribution is 4.58. The van der Waals surface area contributed by atoms with Crippen molar-refractivity contribution in [3.63, 3.8) is 0 Å². The van der Waals surface area contributed by atoms with Crippen molar-refractivity contribution in [2.45, 2.75) is 39.2 Å². The van der Waals surface area contributed by atoms with E-state index in [2.05, 4.69) is 0 Å². The zero-order chi connectivity index (χ0) is 8.04. The van der Waals surface area contributed by atoms with E-state index in [1.165, 1.54) is 0 Å². The topological polar surface area (TPSA) is 29.5 Å². The zero-order valence-electron chi connectivity index (χ0n) is 7.18. The highest BCUT2D eigenvalue weighted by Gasteiger charge is 2.08. The van der Waals surface area contributed by atoms with E-state index in [0.29, 0.717) is 0 Å². The van der Waals surface area contributed by atoms with Gasteiger partial charge in [0, 0.05) is 13.2 Å². The summed E-state index contributed by atoms with van der Waals surface area (Å²) in [4.78, 5) is 0. The van der Waals surface area contributed by atoms with Crippen LogP contribution >= 0.6 is 0 Å². The molecule has 0 bridgehead atoms. The van der Waals surface area contributed by atoms with Gasteiger partial charge in [0.15, 0.2) is 0 Å². The molecule has 0 spiro atoms. The van der Waals surface area contributed by atoms with Crippen molar-refractivity contribution in [2.75, 3.05) is 13.2 Å². The SMILES string of the molecule is CC(C)(C)OCCCCO. The second kappa shape index (κ2) is 4.69. The number of hydrogen-bond acceptors (Lipinski definition) is 2. The molecule has 2 heteroatoms. The second-order valence-corrected chi connectivity index (χ2v) is 3.39. The molecule has 0 saturated carbocycles.